The molecule has 4 unspecified atom stereocenters. The lowest BCUT2D eigenvalue weighted by atomic mass is 9.92. The maximum atomic E-state index is 13.8. The van der Waals surface area contributed by atoms with Crippen molar-refractivity contribution in [2.75, 3.05) is 26.8 Å². The average molecular weight is 647 g/mol. The molecule has 0 saturated heterocycles. The Hall–Kier alpha value is -4.58. The van der Waals surface area contributed by atoms with E-state index in [-0.39, 0.29) is 42.0 Å². The molecule has 11 heteroatoms. The first-order chi connectivity index (χ1) is 22.6. The fraction of sp³-hybridized carbons (Fsp3) is 0.389. The van der Waals surface area contributed by atoms with Crippen LogP contribution in [0, 0.1) is 0 Å². The van der Waals surface area contributed by atoms with Gasteiger partial charge in [-0.3, -0.25) is 19.2 Å². The van der Waals surface area contributed by atoms with Gasteiger partial charge >= 0.3 is 0 Å². The molecule has 47 heavy (non-hydrogen) atoms. The number of carbonyl (C=O) groups is 4. The molecule has 0 spiro atoms. The molecule has 6 N–H and O–H groups in total. The van der Waals surface area contributed by atoms with Crippen molar-refractivity contribution in [3.63, 3.8) is 0 Å². The molecule has 3 rings (SSSR count). The van der Waals surface area contributed by atoms with Crippen molar-refractivity contribution in [2.24, 2.45) is 5.73 Å². The van der Waals surface area contributed by atoms with Gasteiger partial charge in [0.15, 0.2) is 0 Å². The predicted octanol–water partition coefficient (Wildman–Crippen LogP) is 2.95. The largest absolute Gasteiger partial charge is 0.388 e. The lowest BCUT2D eigenvalue weighted by Gasteiger charge is -2.33. The highest BCUT2D eigenvalue weighted by atomic mass is 16.5. The van der Waals surface area contributed by atoms with E-state index in [1.165, 1.54) is 25.3 Å². The van der Waals surface area contributed by atoms with E-state index in [2.05, 4.69) is 10.6 Å². The van der Waals surface area contributed by atoms with E-state index in [1.807, 2.05) is 44.2 Å². The van der Waals surface area contributed by atoms with E-state index in [0.29, 0.717) is 18.7 Å². The molecule has 0 aliphatic rings. The molecular formula is C36H46N4O7. The second-order valence-electron chi connectivity index (χ2n) is 11.4. The SMILES string of the molecule is CCCN(CCC)C(=O)c1cc(C(N)=O)cc(C(=O)NC(Cc2ccccc2)C(O)C(O)C(CCOC)NC(=O)c2ccccc2)c1. The number of primary amides is 1. The van der Waals surface area contributed by atoms with E-state index in [4.69, 9.17) is 10.5 Å². The molecule has 252 valence electrons. The quantitative estimate of drug-likeness (QED) is 0.141. The number of aliphatic hydroxyl groups excluding tert-OH is 2. The molecule has 0 bridgehead atoms. The summed E-state index contributed by atoms with van der Waals surface area (Å²) >= 11 is 0. The van der Waals surface area contributed by atoms with Crippen LogP contribution in [0.1, 0.15) is 80.1 Å². The van der Waals surface area contributed by atoms with Crippen LogP contribution >= 0.6 is 0 Å². The molecule has 11 nitrogen and oxygen atoms in total. The van der Waals surface area contributed by atoms with Gasteiger partial charge in [-0.1, -0.05) is 62.4 Å². The number of carbonyl (C=O) groups excluding carboxylic acids is 4. The smallest absolute Gasteiger partial charge is 0.253 e. The normalized spacial score (nSPS) is 13.6. The topological polar surface area (TPSA) is 171 Å². The monoisotopic (exact) mass is 646 g/mol. The van der Waals surface area contributed by atoms with Crippen molar-refractivity contribution >= 4 is 23.6 Å². The van der Waals surface area contributed by atoms with Crippen LogP contribution < -0.4 is 16.4 Å². The van der Waals surface area contributed by atoms with E-state index in [1.54, 1.807) is 35.2 Å². The number of benzene rings is 3. The van der Waals surface area contributed by atoms with Crippen LogP contribution in [-0.2, 0) is 11.2 Å². The zero-order valence-corrected chi connectivity index (χ0v) is 27.2. The molecule has 0 saturated carbocycles. The summed E-state index contributed by atoms with van der Waals surface area (Å²) in [5.74, 6) is -2.27. The number of amides is 4. The van der Waals surface area contributed by atoms with Crippen LogP contribution in [0.15, 0.2) is 78.9 Å². The van der Waals surface area contributed by atoms with Gasteiger partial charge in [-0.2, -0.15) is 0 Å². The summed E-state index contributed by atoms with van der Waals surface area (Å²) in [7, 11) is 1.49. The van der Waals surface area contributed by atoms with Crippen LogP contribution in [0.2, 0.25) is 0 Å². The third-order valence-corrected chi connectivity index (χ3v) is 7.78. The van der Waals surface area contributed by atoms with Gasteiger partial charge in [0.2, 0.25) is 5.91 Å². The number of rotatable bonds is 18. The molecule has 4 atom stereocenters. The van der Waals surface area contributed by atoms with Gasteiger partial charge in [0.05, 0.1) is 12.1 Å². The number of nitrogens with zero attached hydrogens (tertiary/aromatic N) is 1. The minimum Gasteiger partial charge on any atom is -0.388 e. The maximum absolute atomic E-state index is 13.8. The first-order valence-corrected chi connectivity index (χ1v) is 15.9. The number of ether oxygens (including phenoxy) is 1. The third kappa shape index (κ3) is 10.7. The Morgan fingerprint density at radius 2 is 1.26 bits per heavy atom. The fourth-order valence-electron chi connectivity index (χ4n) is 5.33. The van der Waals surface area contributed by atoms with Crippen LogP contribution in [0.4, 0.5) is 0 Å². The van der Waals surface area contributed by atoms with E-state index >= 15 is 0 Å². The average Bonchev–Trinajstić information content (AvgIpc) is 3.09. The standard InChI is InChI=1S/C36H46N4O7/c1-4-17-40(18-5-2)36(46)28-22-26(33(37)43)21-27(23-28)35(45)39-30(20-24-12-8-6-9-13-24)32(42)31(41)29(16-19-47-3)38-34(44)25-14-10-7-11-15-25/h6-15,21-23,29-32,41-42H,4-5,16-20H2,1-3H3,(H2,37,43)(H,38,44)(H,39,45). The van der Waals surface area contributed by atoms with Crippen molar-refractivity contribution in [1.82, 2.24) is 15.5 Å². The first kappa shape index (κ1) is 36.9. The minimum absolute atomic E-state index is 0.00865. The highest BCUT2D eigenvalue weighted by Crippen LogP contribution is 2.18. The van der Waals surface area contributed by atoms with Crippen LogP contribution in [0.5, 0.6) is 0 Å². The number of nitrogens with one attached hydrogen (secondary N) is 2. The predicted molar refractivity (Wildman–Crippen MR) is 179 cm³/mol. The Morgan fingerprint density at radius 1 is 0.745 bits per heavy atom. The fourth-order valence-corrected chi connectivity index (χ4v) is 5.33. The van der Waals surface area contributed by atoms with E-state index < -0.39 is 42.0 Å². The van der Waals surface area contributed by atoms with Gasteiger partial charge in [0.1, 0.15) is 12.2 Å². The Bertz CT molecular complexity index is 1460. The Labute approximate surface area is 276 Å². The molecule has 0 fully saturated rings. The molecule has 4 amide bonds. The van der Waals surface area contributed by atoms with E-state index in [9.17, 15) is 29.4 Å². The highest BCUT2D eigenvalue weighted by molar-refractivity contribution is 6.04. The molecule has 0 aliphatic heterocycles. The molecule has 0 aromatic heterocycles. The number of hydrogen-bond acceptors (Lipinski definition) is 7. The molecule has 0 aliphatic carbocycles. The summed E-state index contributed by atoms with van der Waals surface area (Å²) in [6.45, 7) is 5.10. The van der Waals surface area contributed by atoms with Crippen LogP contribution in [0.25, 0.3) is 0 Å². The van der Waals surface area contributed by atoms with Crippen molar-refractivity contribution in [3.8, 4) is 0 Å². The third-order valence-electron chi connectivity index (χ3n) is 7.78. The molecule has 3 aromatic rings. The Morgan fingerprint density at radius 3 is 1.83 bits per heavy atom. The number of nitrogens with two attached hydrogens (primary N) is 1. The van der Waals surface area contributed by atoms with Gasteiger partial charge in [-0.05, 0) is 61.6 Å². The van der Waals surface area contributed by atoms with Gasteiger partial charge in [0, 0.05) is 49.1 Å². The van der Waals surface area contributed by atoms with Crippen molar-refractivity contribution in [2.45, 2.75) is 63.8 Å². The number of aliphatic hydroxyl groups is 2. The minimum atomic E-state index is -1.55. The summed E-state index contributed by atoms with van der Waals surface area (Å²) in [5.41, 5.74) is 6.83. The van der Waals surface area contributed by atoms with Crippen LogP contribution in [0.3, 0.4) is 0 Å². The Kier molecular flexibility index (Phi) is 14.5. The number of methoxy groups -OCH3 is 1. The molecule has 0 heterocycles. The molecule has 3 aromatic carbocycles. The van der Waals surface area contributed by atoms with Gasteiger partial charge < -0.3 is 36.2 Å². The van der Waals surface area contributed by atoms with Crippen LogP contribution in [-0.4, -0.2) is 89.8 Å². The summed E-state index contributed by atoms with van der Waals surface area (Å²) in [4.78, 5) is 54.1. The van der Waals surface area contributed by atoms with E-state index in [0.717, 1.165) is 18.4 Å². The zero-order chi connectivity index (χ0) is 34.3. The van der Waals surface area contributed by atoms with Gasteiger partial charge in [-0.25, -0.2) is 0 Å². The Balaban J connectivity index is 1.94. The molecular weight excluding hydrogens is 600 g/mol. The molecule has 0 radical (unpaired) electrons. The second-order valence-corrected chi connectivity index (χ2v) is 11.4. The van der Waals surface area contributed by atoms with Crippen molar-refractivity contribution < 1.29 is 34.1 Å². The summed E-state index contributed by atoms with van der Waals surface area (Å²) in [6, 6.07) is 19.6. The van der Waals surface area contributed by atoms with Crippen molar-refractivity contribution in [3.05, 3.63) is 107 Å². The maximum Gasteiger partial charge on any atom is 0.253 e. The highest BCUT2D eigenvalue weighted by Gasteiger charge is 2.34. The summed E-state index contributed by atoms with van der Waals surface area (Å²) in [5, 5.41) is 28.6. The lowest BCUT2D eigenvalue weighted by Crippen LogP contribution is -2.57. The summed E-state index contributed by atoms with van der Waals surface area (Å²) < 4.78 is 5.19. The van der Waals surface area contributed by atoms with Gasteiger partial charge in [-0.15, -0.1) is 0 Å². The zero-order valence-electron chi connectivity index (χ0n) is 27.2. The lowest BCUT2D eigenvalue weighted by molar-refractivity contribution is -0.0268. The summed E-state index contributed by atoms with van der Waals surface area (Å²) in [6.07, 6.45) is -1.31. The second kappa shape index (κ2) is 18.5. The first-order valence-electron chi connectivity index (χ1n) is 15.9. The van der Waals surface area contributed by atoms with Crippen molar-refractivity contribution in [1.29, 1.82) is 0 Å². The van der Waals surface area contributed by atoms with Gasteiger partial charge in [0.25, 0.3) is 17.7 Å². The number of hydrogen-bond donors (Lipinski definition) is 5.